The molecule has 1 rings (SSSR count). The fraction of sp³-hybridized carbons (Fsp3) is 0.467. The molecule has 0 radical (unpaired) electrons. The first-order valence-corrected chi connectivity index (χ1v) is 12.3. The van der Waals surface area contributed by atoms with Crippen molar-refractivity contribution in [3.05, 3.63) is 42.0 Å². The minimum absolute atomic E-state index is 1.23. The molecule has 0 aliphatic rings. The number of benzene rings is 1. The van der Waals surface area contributed by atoms with Crippen LogP contribution in [-0.4, -0.2) is 13.3 Å². The Labute approximate surface area is 103 Å². The zero-order valence-electron chi connectivity index (χ0n) is 10.9. The summed E-state index contributed by atoms with van der Waals surface area (Å²) in [4.78, 5) is 0. The Morgan fingerprint density at radius 1 is 1.00 bits per heavy atom. The summed E-state index contributed by atoms with van der Waals surface area (Å²) in [5.41, 5.74) is 2.77. The summed E-state index contributed by atoms with van der Waals surface area (Å²) < 4.78 is 0. The van der Waals surface area contributed by atoms with Crippen molar-refractivity contribution < 1.29 is 0 Å². The Kier molecular flexibility index (Phi) is 5.33. The number of rotatable bonds is 6. The second-order valence-corrected chi connectivity index (χ2v) is 16.2. The van der Waals surface area contributed by atoms with E-state index in [0.717, 1.165) is 0 Å². The summed E-state index contributed by atoms with van der Waals surface area (Å²) in [6, 6.07) is 8.96. The fourth-order valence-electron chi connectivity index (χ4n) is 2.33. The Morgan fingerprint density at radius 2 is 1.50 bits per heavy atom. The Balaban J connectivity index is 2.81. The molecule has 0 nitrogen and oxygen atoms in total. The van der Waals surface area contributed by atoms with Gasteiger partial charge in [0.15, 0.2) is 0 Å². The second-order valence-electron chi connectivity index (χ2n) is 4.68. The van der Waals surface area contributed by atoms with Crippen molar-refractivity contribution >= 4 is 19.3 Å². The third-order valence-electron chi connectivity index (χ3n) is 4.04. The molecule has 16 heavy (non-hydrogen) atoms. The summed E-state index contributed by atoms with van der Waals surface area (Å²) in [7, 11) is 0. The van der Waals surface area contributed by atoms with Gasteiger partial charge in [-0.2, -0.15) is 0 Å². The van der Waals surface area contributed by atoms with Crippen molar-refractivity contribution in [1.82, 2.24) is 0 Å². The van der Waals surface area contributed by atoms with Gasteiger partial charge >= 0.3 is 103 Å². The van der Waals surface area contributed by atoms with Crippen molar-refractivity contribution in [2.75, 3.05) is 0 Å². The average molecular weight is 277 g/mol. The monoisotopic (exact) mass is 278 g/mol. The van der Waals surface area contributed by atoms with Crippen LogP contribution < -0.4 is 0 Å². The van der Waals surface area contributed by atoms with Crippen LogP contribution >= 0.6 is 0 Å². The van der Waals surface area contributed by atoms with Crippen molar-refractivity contribution in [3.63, 3.8) is 0 Å². The van der Waals surface area contributed by atoms with Crippen molar-refractivity contribution in [2.24, 2.45) is 0 Å². The molecule has 0 atom stereocenters. The molecule has 0 spiro atoms. The Morgan fingerprint density at radius 3 is 1.88 bits per heavy atom. The van der Waals surface area contributed by atoms with Crippen LogP contribution in [0.5, 0.6) is 0 Å². The van der Waals surface area contributed by atoms with Gasteiger partial charge in [0.05, 0.1) is 0 Å². The first-order valence-electron chi connectivity index (χ1n) is 6.41. The molecule has 0 aliphatic carbocycles. The maximum atomic E-state index is 3.80. The van der Waals surface area contributed by atoms with Crippen LogP contribution in [0.2, 0.25) is 15.8 Å². The van der Waals surface area contributed by atoms with Gasteiger partial charge in [-0.15, -0.1) is 0 Å². The molecule has 0 aromatic heterocycles. The molecule has 0 N–H and O–H groups in total. The predicted octanol–water partition coefficient (Wildman–Crippen LogP) is 4.92. The van der Waals surface area contributed by atoms with Crippen molar-refractivity contribution in [2.45, 2.75) is 41.8 Å². The van der Waals surface area contributed by atoms with E-state index < -0.39 is 13.3 Å². The summed E-state index contributed by atoms with van der Waals surface area (Å²) in [6.07, 6.45) is 1.91. The zero-order chi connectivity index (χ0) is 12.0. The summed E-state index contributed by atoms with van der Waals surface area (Å²) in [5.74, 6) is 0. The van der Waals surface area contributed by atoms with Gasteiger partial charge in [-0.25, -0.2) is 0 Å². The van der Waals surface area contributed by atoms with Gasteiger partial charge in [-0.05, 0) is 0 Å². The van der Waals surface area contributed by atoms with Gasteiger partial charge in [0.2, 0.25) is 0 Å². The minimum atomic E-state index is -1.54. The van der Waals surface area contributed by atoms with Crippen LogP contribution in [0.25, 0.3) is 6.08 Å². The Hall–Kier alpha value is -0.497. The molecular weight excluding hydrogens is 253 g/mol. The van der Waals surface area contributed by atoms with E-state index in [2.05, 4.69) is 51.6 Å². The Bertz CT molecular complexity index is 312. The number of hydrogen-bond acceptors (Lipinski definition) is 0. The van der Waals surface area contributed by atoms with Crippen LogP contribution in [0, 0.1) is 0 Å². The molecule has 1 heteroatoms. The first-order chi connectivity index (χ1) is 7.69. The van der Waals surface area contributed by atoms with Crippen molar-refractivity contribution in [3.8, 4) is 0 Å². The first kappa shape index (κ1) is 13.6. The molecule has 0 unspecified atom stereocenters. The van der Waals surface area contributed by atoms with E-state index >= 15 is 0 Å². The summed E-state index contributed by atoms with van der Waals surface area (Å²) >= 11 is -1.54. The zero-order valence-corrected chi connectivity index (χ0v) is 13.0. The molecule has 0 fully saturated rings. The predicted molar refractivity (Wildman–Crippen MR) is 77.4 cm³/mol. The van der Waals surface area contributed by atoms with E-state index in [1.807, 2.05) is 6.08 Å². The summed E-state index contributed by atoms with van der Waals surface area (Å²) in [5, 5.41) is 5.75. The molecule has 0 amide bonds. The third-order valence-corrected chi connectivity index (χ3v) is 15.9. The van der Waals surface area contributed by atoms with Gasteiger partial charge in [0.25, 0.3) is 0 Å². The van der Waals surface area contributed by atoms with E-state index in [1.54, 1.807) is 0 Å². The normalized spacial score (nSPS) is 11.4. The van der Waals surface area contributed by atoms with E-state index in [0.29, 0.717) is 0 Å². The molecule has 0 heterocycles. The quantitative estimate of drug-likeness (QED) is 0.647. The average Bonchev–Trinajstić information content (AvgIpc) is 2.37. The molecule has 0 saturated carbocycles. The van der Waals surface area contributed by atoms with Gasteiger partial charge in [-0.3, -0.25) is 0 Å². The van der Waals surface area contributed by atoms with Gasteiger partial charge < -0.3 is 0 Å². The van der Waals surface area contributed by atoms with Crippen LogP contribution in [0.4, 0.5) is 0 Å². The summed E-state index contributed by atoms with van der Waals surface area (Å²) in [6.45, 7) is 11.0. The standard InChI is InChI=1S/C15H24Ge/c1-5-14-9-11-15(12-10-14)13-16(6-2,7-3)8-4/h5,9-12H,1,6-8,13H2,2-4H3. The van der Waals surface area contributed by atoms with Crippen LogP contribution in [0.15, 0.2) is 30.8 Å². The SMILES string of the molecule is C=Cc1ccc([CH2][Ge]([CH2]C)([CH2]C)[CH2]C)cc1. The molecule has 0 bridgehead atoms. The maximum absolute atomic E-state index is 3.80. The van der Waals surface area contributed by atoms with E-state index in [-0.39, 0.29) is 0 Å². The van der Waals surface area contributed by atoms with E-state index in [1.165, 1.54) is 32.1 Å². The molecule has 1 aromatic carbocycles. The molecule has 0 aliphatic heterocycles. The van der Waals surface area contributed by atoms with E-state index in [9.17, 15) is 0 Å². The van der Waals surface area contributed by atoms with Gasteiger partial charge in [0, 0.05) is 0 Å². The van der Waals surface area contributed by atoms with Gasteiger partial charge in [0.1, 0.15) is 0 Å². The van der Waals surface area contributed by atoms with Crippen LogP contribution in [0.3, 0.4) is 0 Å². The topological polar surface area (TPSA) is 0 Å². The molecule has 0 saturated heterocycles. The number of hydrogen-bond donors (Lipinski definition) is 0. The van der Waals surface area contributed by atoms with Crippen LogP contribution in [-0.2, 0) is 5.25 Å². The second kappa shape index (κ2) is 6.29. The molecule has 88 valence electrons. The third kappa shape index (κ3) is 3.25. The molecular formula is C15H24Ge. The van der Waals surface area contributed by atoms with Crippen LogP contribution in [0.1, 0.15) is 31.9 Å². The van der Waals surface area contributed by atoms with E-state index in [4.69, 9.17) is 0 Å². The fourth-order valence-corrected chi connectivity index (χ4v) is 9.36. The molecule has 1 aromatic rings. The van der Waals surface area contributed by atoms with Gasteiger partial charge in [-0.1, -0.05) is 0 Å². The van der Waals surface area contributed by atoms with Crippen molar-refractivity contribution in [1.29, 1.82) is 0 Å².